The Bertz CT molecular complexity index is 1020. The zero-order valence-corrected chi connectivity index (χ0v) is 19.8. The summed E-state index contributed by atoms with van der Waals surface area (Å²) in [5.41, 5.74) is 1.39. The number of hydrogen-bond donors (Lipinski definition) is 1. The Kier molecular flexibility index (Phi) is 7.22. The molecule has 3 rings (SSSR count). The van der Waals surface area contributed by atoms with E-state index in [-0.39, 0.29) is 5.75 Å². The number of phenols is 1. The molecular formula is C25H34N2O3S. The van der Waals surface area contributed by atoms with Crippen molar-refractivity contribution in [3.05, 3.63) is 59.7 Å². The van der Waals surface area contributed by atoms with Crippen LogP contribution in [0, 0.1) is 0 Å². The maximum absolute atomic E-state index is 14.1. The van der Waals surface area contributed by atoms with Gasteiger partial charge in [0.1, 0.15) is 11.1 Å². The molecule has 0 saturated carbocycles. The van der Waals surface area contributed by atoms with Crippen molar-refractivity contribution in [2.24, 2.45) is 4.99 Å². The normalized spacial score (nSPS) is 19.5. The Morgan fingerprint density at radius 2 is 1.55 bits per heavy atom. The molecule has 0 saturated heterocycles. The van der Waals surface area contributed by atoms with Crippen LogP contribution in [0.4, 0.5) is 0 Å². The summed E-state index contributed by atoms with van der Waals surface area (Å²) in [6.45, 7) is 4.26. The third kappa shape index (κ3) is 4.55. The predicted octanol–water partition coefficient (Wildman–Crippen LogP) is 5.02. The highest BCUT2D eigenvalue weighted by Crippen LogP contribution is 2.42. The van der Waals surface area contributed by atoms with Gasteiger partial charge in [-0.25, -0.2) is 8.42 Å². The minimum atomic E-state index is -3.67. The summed E-state index contributed by atoms with van der Waals surface area (Å²) in [4.78, 5) is 7.50. The molecule has 1 aliphatic heterocycles. The lowest BCUT2D eigenvalue weighted by atomic mass is 9.85. The average Bonchev–Trinajstić information content (AvgIpc) is 2.82. The van der Waals surface area contributed by atoms with E-state index in [1.807, 2.05) is 43.3 Å². The van der Waals surface area contributed by atoms with Crippen LogP contribution in [-0.2, 0) is 9.84 Å². The molecule has 0 amide bonds. The molecule has 0 aliphatic carbocycles. The number of benzene rings is 2. The Morgan fingerprint density at radius 3 is 2.10 bits per heavy atom. The summed E-state index contributed by atoms with van der Waals surface area (Å²) in [7, 11) is 0.0174. The molecule has 0 radical (unpaired) electrons. The van der Waals surface area contributed by atoms with Crippen molar-refractivity contribution in [1.82, 2.24) is 4.90 Å². The molecule has 5 nitrogen and oxygen atoms in total. The Labute approximate surface area is 186 Å². The highest BCUT2D eigenvalue weighted by atomic mass is 32.2. The van der Waals surface area contributed by atoms with Gasteiger partial charge >= 0.3 is 0 Å². The first-order valence-corrected chi connectivity index (χ1v) is 12.7. The summed E-state index contributed by atoms with van der Waals surface area (Å²) in [6, 6.07) is 14.1. The summed E-state index contributed by atoms with van der Waals surface area (Å²) >= 11 is 0. The minimum absolute atomic E-state index is 0.174. The second kappa shape index (κ2) is 9.53. The van der Waals surface area contributed by atoms with Crippen LogP contribution in [0.5, 0.6) is 5.75 Å². The number of unbranched alkanes of at least 4 members (excludes halogenated alkanes) is 2. The molecule has 2 aromatic carbocycles. The fourth-order valence-corrected chi connectivity index (χ4v) is 7.11. The lowest BCUT2D eigenvalue weighted by Gasteiger charge is -2.40. The first kappa shape index (κ1) is 23.5. The molecule has 1 unspecified atom stereocenters. The Balaban J connectivity index is 2.38. The monoisotopic (exact) mass is 442 g/mol. The summed E-state index contributed by atoms with van der Waals surface area (Å²) in [5, 5.41) is 9.05. The number of rotatable bonds is 8. The van der Waals surface area contributed by atoms with Gasteiger partial charge < -0.3 is 5.11 Å². The highest BCUT2D eigenvalue weighted by molar-refractivity contribution is 7.92. The van der Waals surface area contributed by atoms with Gasteiger partial charge in [-0.05, 0) is 57.3 Å². The second-order valence-corrected chi connectivity index (χ2v) is 10.7. The lowest BCUT2D eigenvalue weighted by Crippen LogP contribution is -2.53. The van der Waals surface area contributed by atoms with Crippen LogP contribution in [0.1, 0.15) is 63.5 Å². The molecule has 1 aliphatic rings. The average molecular weight is 443 g/mol. The van der Waals surface area contributed by atoms with Gasteiger partial charge in [-0.3, -0.25) is 9.89 Å². The molecule has 0 spiro atoms. The second-order valence-electron chi connectivity index (χ2n) is 8.68. The molecule has 1 heterocycles. The van der Waals surface area contributed by atoms with Crippen LogP contribution in [-0.4, -0.2) is 49.1 Å². The number of sulfone groups is 1. The first-order valence-electron chi connectivity index (χ1n) is 11.2. The van der Waals surface area contributed by atoms with Gasteiger partial charge in [0.05, 0.1) is 16.1 Å². The van der Waals surface area contributed by atoms with Crippen molar-refractivity contribution in [2.75, 3.05) is 14.1 Å². The van der Waals surface area contributed by atoms with Crippen LogP contribution in [0.2, 0.25) is 0 Å². The number of aromatic hydroxyl groups is 1. The van der Waals surface area contributed by atoms with Crippen molar-refractivity contribution in [2.45, 2.75) is 68.2 Å². The van der Waals surface area contributed by atoms with Gasteiger partial charge in [0.15, 0.2) is 9.84 Å². The van der Waals surface area contributed by atoms with E-state index in [2.05, 4.69) is 13.8 Å². The fourth-order valence-electron chi connectivity index (χ4n) is 4.70. The Morgan fingerprint density at radius 1 is 0.968 bits per heavy atom. The molecule has 2 aromatic rings. The van der Waals surface area contributed by atoms with Crippen molar-refractivity contribution >= 4 is 15.5 Å². The van der Waals surface area contributed by atoms with E-state index < -0.39 is 20.8 Å². The number of fused-ring (bicyclic) bond motifs is 1. The molecule has 0 fully saturated rings. The zero-order chi connectivity index (χ0) is 22.6. The van der Waals surface area contributed by atoms with E-state index in [0.717, 1.165) is 31.2 Å². The number of phenolic OH excluding ortho intramolecular Hbond substituents is 1. The molecule has 1 atom stereocenters. The van der Waals surface area contributed by atoms with E-state index in [0.29, 0.717) is 29.0 Å². The minimum Gasteiger partial charge on any atom is -0.508 e. The molecule has 31 heavy (non-hydrogen) atoms. The van der Waals surface area contributed by atoms with Crippen LogP contribution in [0.25, 0.3) is 0 Å². The van der Waals surface area contributed by atoms with Crippen LogP contribution in [0.3, 0.4) is 0 Å². The molecule has 6 heteroatoms. The SMILES string of the molecule is CCCCC1(CCCC)N=C(c2ccc(O)cc2)c2ccccc2S(=O)(=O)C1N(C)C. The van der Waals surface area contributed by atoms with Gasteiger partial charge in [0, 0.05) is 11.1 Å². The number of hydrogen-bond acceptors (Lipinski definition) is 5. The molecular weight excluding hydrogens is 408 g/mol. The standard InChI is InChI=1S/C25H34N2O3S/c1-5-7-17-25(18-8-6-2)24(27(3)4)31(29,30)22-12-10-9-11-21(22)23(26-25)19-13-15-20(28)16-14-19/h9-16,24,28H,5-8,17-18H2,1-4H3. The maximum Gasteiger partial charge on any atom is 0.197 e. The van der Waals surface area contributed by atoms with E-state index in [9.17, 15) is 13.5 Å². The fraction of sp³-hybridized carbons (Fsp3) is 0.480. The summed E-state index contributed by atoms with van der Waals surface area (Å²) in [5.74, 6) is 0.174. The van der Waals surface area contributed by atoms with Gasteiger partial charge in [0.2, 0.25) is 0 Å². The predicted molar refractivity (Wildman–Crippen MR) is 127 cm³/mol. The Hall–Kier alpha value is -2.18. The zero-order valence-electron chi connectivity index (χ0n) is 19.0. The van der Waals surface area contributed by atoms with Gasteiger partial charge in [-0.1, -0.05) is 57.7 Å². The first-order chi connectivity index (χ1) is 14.8. The van der Waals surface area contributed by atoms with Crippen molar-refractivity contribution in [3.63, 3.8) is 0 Å². The van der Waals surface area contributed by atoms with E-state index in [4.69, 9.17) is 4.99 Å². The van der Waals surface area contributed by atoms with Crippen molar-refractivity contribution < 1.29 is 13.5 Å². The third-order valence-corrected chi connectivity index (χ3v) is 8.49. The van der Waals surface area contributed by atoms with E-state index >= 15 is 0 Å². The third-order valence-electron chi connectivity index (χ3n) is 6.07. The van der Waals surface area contributed by atoms with E-state index in [1.165, 1.54) is 0 Å². The molecule has 0 aromatic heterocycles. The largest absolute Gasteiger partial charge is 0.508 e. The molecule has 168 valence electrons. The van der Waals surface area contributed by atoms with Crippen LogP contribution in [0.15, 0.2) is 58.4 Å². The topological polar surface area (TPSA) is 70.0 Å². The quantitative estimate of drug-likeness (QED) is 0.623. The maximum atomic E-state index is 14.1. The highest BCUT2D eigenvalue weighted by Gasteiger charge is 2.50. The lowest BCUT2D eigenvalue weighted by molar-refractivity contribution is 0.212. The van der Waals surface area contributed by atoms with E-state index in [1.54, 1.807) is 24.3 Å². The van der Waals surface area contributed by atoms with Crippen LogP contribution < -0.4 is 0 Å². The summed E-state index contributed by atoms with van der Waals surface area (Å²) < 4.78 is 28.2. The van der Waals surface area contributed by atoms with Gasteiger partial charge in [0.25, 0.3) is 0 Å². The number of aliphatic imine (C=N–C) groups is 1. The van der Waals surface area contributed by atoms with Crippen LogP contribution >= 0.6 is 0 Å². The number of likely N-dealkylation sites (N-methyl/N-ethyl adjacent to an activating group) is 1. The van der Waals surface area contributed by atoms with Gasteiger partial charge in [-0.2, -0.15) is 0 Å². The number of nitrogens with zero attached hydrogens (tertiary/aromatic N) is 2. The summed E-state index contributed by atoms with van der Waals surface area (Å²) in [6.07, 6.45) is 5.19. The van der Waals surface area contributed by atoms with Gasteiger partial charge in [-0.15, -0.1) is 0 Å². The molecule has 0 bridgehead atoms. The van der Waals surface area contributed by atoms with Crippen molar-refractivity contribution in [3.8, 4) is 5.75 Å². The smallest absolute Gasteiger partial charge is 0.197 e. The van der Waals surface area contributed by atoms with Crippen molar-refractivity contribution in [1.29, 1.82) is 0 Å². The molecule has 1 N–H and O–H groups in total.